The van der Waals surface area contributed by atoms with Gasteiger partial charge in [0.1, 0.15) is 0 Å². The summed E-state index contributed by atoms with van der Waals surface area (Å²) in [5.41, 5.74) is 5.58. The molecule has 0 heterocycles. The summed E-state index contributed by atoms with van der Waals surface area (Å²) in [5, 5.41) is 6.63. The number of carboxylic acid groups (broad SMARTS) is 1. The summed E-state index contributed by atoms with van der Waals surface area (Å²) in [4.78, 5) is 10.4. The zero-order valence-electron chi connectivity index (χ0n) is 7.83. The van der Waals surface area contributed by atoms with Crippen LogP contribution in [0, 0.1) is 0 Å². The molecular weight excluding hydrogens is 218 g/mol. The Balaban J connectivity index is 2.87. The molecule has 1 aromatic rings. The van der Waals surface area contributed by atoms with Crippen molar-refractivity contribution in [1.29, 1.82) is 0 Å². The Morgan fingerprint density at radius 2 is 1.87 bits per heavy atom. The van der Waals surface area contributed by atoms with Crippen molar-refractivity contribution in [1.82, 2.24) is 0 Å². The van der Waals surface area contributed by atoms with E-state index in [0.29, 0.717) is 5.56 Å². The normalized spacial score (nSPS) is 13.4. The molecule has 82 valence electrons. The fraction of sp³-hybridized carbons (Fsp3) is 0.222. The van der Waals surface area contributed by atoms with Crippen molar-refractivity contribution < 1.29 is 18.3 Å². The fourth-order valence-corrected chi connectivity index (χ4v) is 2.19. The Labute approximate surface area is 87.4 Å². The van der Waals surface area contributed by atoms with Crippen molar-refractivity contribution in [2.24, 2.45) is 5.73 Å². The number of hydrogen-bond donors (Lipinski definition) is 2. The predicted molar refractivity (Wildman–Crippen MR) is 54.7 cm³/mol. The van der Waals surface area contributed by atoms with Crippen LogP contribution in [0.1, 0.15) is 5.56 Å². The maximum atomic E-state index is 11.4. The second-order valence-electron chi connectivity index (χ2n) is 3.05. The van der Waals surface area contributed by atoms with Crippen molar-refractivity contribution in [2.45, 2.75) is 11.1 Å². The van der Waals surface area contributed by atoms with Gasteiger partial charge in [-0.3, -0.25) is 0 Å². The second-order valence-corrected chi connectivity index (χ2v) is 5.17. The lowest BCUT2D eigenvalue weighted by atomic mass is 10.2. The summed E-state index contributed by atoms with van der Waals surface area (Å²) in [7, 11) is -3.83. The van der Waals surface area contributed by atoms with Crippen LogP contribution in [-0.2, 0) is 20.4 Å². The van der Waals surface area contributed by atoms with E-state index in [1.807, 2.05) is 0 Å². The highest BCUT2D eigenvalue weighted by Gasteiger charge is 2.28. The molecule has 3 N–H and O–H groups in total. The van der Waals surface area contributed by atoms with E-state index in [4.69, 9.17) is 10.8 Å². The molecule has 1 atom stereocenters. The van der Waals surface area contributed by atoms with Crippen LogP contribution < -0.4 is 5.73 Å². The van der Waals surface area contributed by atoms with Crippen molar-refractivity contribution >= 4 is 15.8 Å². The molecule has 15 heavy (non-hydrogen) atoms. The highest BCUT2D eigenvalue weighted by molar-refractivity contribution is 7.91. The average molecular weight is 229 g/mol. The van der Waals surface area contributed by atoms with Gasteiger partial charge in [-0.25, -0.2) is 13.2 Å². The van der Waals surface area contributed by atoms with Gasteiger partial charge in [0, 0.05) is 0 Å². The highest BCUT2D eigenvalue weighted by Crippen LogP contribution is 2.08. The molecule has 5 nitrogen and oxygen atoms in total. The van der Waals surface area contributed by atoms with Gasteiger partial charge in [-0.05, 0) is 5.56 Å². The van der Waals surface area contributed by atoms with Gasteiger partial charge in [-0.1, -0.05) is 30.3 Å². The predicted octanol–water partition coefficient (Wildman–Crippen LogP) is -0.0292. The van der Waals surface area contributed by atoms with Crippen molar-refractivity contribution in [3.05, 3.63) is 35.9 Å². The van der Waals surface area contributed by atoms with Gasteiger partial charge in [0.15, 0.2) is 9.84 Å². The van der Waals surface area contributed by atoms with Gasteiger partial charge in [-0.2, -0.15) is 0 Å². The number of hydrogen-bond acceptors (Lipinski definition) is 4. The molecule has 0 aromatic heterocycles. The molecule has 1 unspecified atom stereocenters. The van der Waals surface area contributed by atoms with Gasteiger partial charge in [0.05, 0.1) is 5.75 Å². The maximum Gasteiger partial charge on any atom is 0.336 e. The standard InChI is InChI=1S/C9H11NO4S/c10-8(9(11)12)15(13,14)6-7-4-2-1-3-5-7/h1-5,8H,6,10H2,(H,11,12). The van der Waals surface area contributed by atoms with Crippen molar-refractivity contribution in [2.75, 3.05) is 0 Å². The van der Waals surface area contributed by atoms with Gasteiger partial charge in [0.25, 0.3) is 0 Å². The molecule has 1 rings (SSSR count). The number of rotatable bonds is 4. The molecule has 0 amide bonds. The van der Waals surface area contributed by atoms with Crippen LogP contribution >= 0.6 is 0 Å². The summed E-state index contributed by atoms with van der Waals surface area (Å²) in [6, 6.07) is 8.31. The first-order valence-corrected chi connectivity index (χ1v) is 5.89. The number of benzene rings is 1. The first-order valence-electron chi connectivity index (χ1n) is 4.17. The number of carboxylic acids is 1. The smallest absolute Gasteiger partial charge is 0.336 e. The molecule has 0 bridgehead atoms. The molecule has 0 saturated carbocycles. The number of aliphatic carboxylic acids is 1. The highest BCUT2D eigenvalue weighted by atomic mass is 32.2. The topological polar surface area (TPSA) is 97.5 Å². The summed E-state index contributed by atoms with van der Waals surface area (Å²) < 4.78 is 22.9. The van der Waals surface area contributed by atoms with E-state index in [9.17, 15) is 13.2 Å². The third kappa shape index (κ3) is 3.03. The van der Waals surface area contributed by atoms with E-state index in [-0.39, 0.29) is 5.75 Å². The Bertz CT molecular complexity index is 440. The first-order chi connectivity index (χ1) is 6.93. The minimum absolute atomic E-state index is 0.360. The minimum Gasteiger partial charge on any atom is -0.479 e. The number of carbonyl (C=O) groups is 1. The number of sulfone groups is 1. The molecule has 0 fully saturated rings. The zero-order valence-corrected chi connectivity index (χ0v) is 8.65. The molecule has 0 radical (unpaired) electrons. The van der Waals surface area contributed by atoms with Gasteiger partial charge >= 0.3 is 5.97 Å². The van der Waals surface area contributed by atoms with E-state index in [0.717, 1.165) is 0 Å². The lowest BCUT2D eigenvalue weighted by Gasteiger charge is -2.07. The quantitative estimate of drug-likeness (QED) is 0.755. The van der Waals surface area contributed by atoms with Gasteiger partial charge in [-0.15, -0.1) is 0 Å². The average Bonchev–Trinajstić information content (AvgIpc) is 2.17. The van der Waals surface area contributed by atoms with Gasteiger partial charge < -0.3 is 10.8 Å². The molecule has 6 heteroatoms. The van der Waals surface area contributed by atoms with E-state index < -0.39 is 21.2 Å². The molecule has 0 aliphatic heterocycles. The molecule has 0 aliphatic rings. The fourth-order valence-electron chi connectivity index (χ4n) is 1.05. The van der Waals surface area contributed by atoms with Crippen LogP contribution in [0.25, 0.3) is 0 Å². The zero-order chi connectivity index (χ0) is 11.5. The van der Waals surface area contributed by atoms with Crippen LogP contribution in [0.2, 0.25) is 0 Å². The minimum atomic E-state index is -3.83. The molecular formula is C9H11NO4S. The van der Waals surface area contributed by atoms with E-state index in [1.165, 1.54) is 0 Å². The monoisotopic (exact) mass is 229 g/mol. The Morgan fingerprint density at radius 1 is 1.33 bits per heavy atom. The van der Waals surface area contributed by atoms with E-state index in [1.54, 1.807) is 30.3 Å². The first kappa shape index (κ1) is 11.7. The SMILES string of the molecule is NC(C(=O)O)S(=O)(=O)Cc1ccccc1. The summed E-state index contributed by atoms with van der Waals surface area (Å²) in [5.74, 6) is -1.90. The molecule has 0 spiro atoms. The third-order valence-electron chi connectivity index (χ3n) is 1.84. The van der Waals surface area contributed by atoms with Crippen molar-refractivity contribution in [3.63, 3.8) is 0 Å². The molecule has 1 aromatic carbocycles. The number of nitrogens with two attached hydrogens (primary N) is 1. The van der Waals surface area contributed by atoms with Crippen LogP contribution in [0.15, 0.2) is 30.3 Å². The summed E-state index contributed by atoms with van der Waals surface area (Å²) >= 11 is 0. The Hall–Kier alpha value is -1.40. The van der Waals surface area contributed by atoms with Crippen molar-refractivity contribution in [3.8, 4) is 0 Å². The van der Waals surface area contributed by atoms with E-state index >= 15 is 0 Å². The maximum absolute atomic E-state index is 11.4. The Kier molecular flexibility index (Phi) is 3.43. The lowest BCUT2D eigenvalue weighted by molar-refractivity contribution is -0.136. The van der Waals surface area contributed by atoms with Crippen LogP contribution in [0.4, 0.5) is 0 Å². The van der Waals surface area contributed by atoms with Crippen LogP contribution in [0.3, 0.4) is 0 Å². The van der Waals surface area contributed by atoms with Gasteiger partial charge in [0.2, 0.25) is 5.37 Å². The summed E-state index contributed by atoms with van der Waals surface area (Å²) in [6.45, 7) is 0. The third-order valence-corrected chi connectivity index (χ3v) is 3.55. The van der Waals surface area contributed by atoms with E-state index in [2.05, 4.69) is 0 Å². The largest absolute Gasteiger partial charge is 0.479 e. The Morgan fingerprint density at radius 3 is 2.33 bits per heavy atom. The molecule has 0 saturated heterocycles. The molecule has 0 aliphatic carbocycles. The second kappa shape index (κ2) is 4.41. The summed E-state index contributed by atoms with van der Waals surface area (Å²) in [6.07, 6.45) is 0. The van der Waals surface area contributed by atoms with Crippen LogP contribution in [0.5, 0.6) is 0 Å². The van der Waals surface area contributed by atoms with Crippen LogP contribution in [-0.4, -0.2) is 24.9 Å². The lowest BCUT2D eigenvalue weighted by Crippen LogP contribution is -2.39.